The Bertz CT molecular complexity index is 560. The summed E-state index contributed by atoms with van der Waals surface area (Å²) >= 11 is 0. The molecule has 0 spiro atoms. The Morgan fingerprint density at radius 1 is 1.11 bits per heavy atom. The van der Waals surface area contributed by atoms with E-state index in [0.29, 0.717) is 18.7 Å². The van der Waals surface area contributed by atoms with Crippen molar-refractivity contribution in [2.75, 3.05) is 0 Å². The molecule has 18 heavy (non-hydrogen) atoms. The van der Waals surface area contributed by atoms with Crippen LogP contribution in [0.5, 0.6) is 0 Å². The average molecular weight is 241 g/mol. The van der Waals surface area contributed by atoms with Gasteiger partial charge in [0, 0.05) is 6.42 Å². The zero-order valence-corrected chi connectivity index (χ0v) is 10.2. The van der Waals surface area contributed by atoms with Crippen molar-refractivity contribution in [1.29, 1.82) is 0 Å². The van der Waals surface area contributed by atoms with Crippen molar-refractivity contribution in [2.24, 2.45) is 0 Å². The summed E-state index contributed by atoms with van der Waals surface area (Å²) in [6.45, 7) is 0.691. The Hall–Kier alpha value is -1.97. The molecule has 92 valence electrons. The lowest BCUT2D eigenvalue weighted by Gasteiger charge is -2.05. The highest BCUT2D eigenvalue weighted by Crippen LogP contribution is 2.19. The molecule has 0 bridgehead atoms. The highest BCUT2D eigenvalue weighted by Gasteiger charge is 2.21. The molecule has 3 rings (SSSR count). The second-order valence-electron chi connectivity index (χ2n) is 4.66. The molecular weight excluding hydrogens is 226 g/mol. The Labute approximate surface area is 106 Å². The van der Waals surface area contributed by atoms with Gasteiger partial charge in [0.2, 0.25) is 0 Å². The zero-order chi connectivity index (χ0) is 12.4. The first-order valence-corrected chi connectivity index (χ1v) is 6.34. The summed E-state index contributed by atoms with van der Waals surface area (Å²) < 4.78 is 1.87. The number of aromatic nitrogens is 3. The quantitative estimate of drug-likeness (QED) is 0.757. The molecule has 0 atom stereocenters. The number of carbonyl (C=O) groups excluding carboxylic acids is 1. The van der Waals surface area contributed by atoms with E-state index in [1.807, 2.05) is 22.9 Å². The van der Waals surface area contributed by atoms with Crippen LogP contribution in [-0.2, 0) is 13.0 Å². The molecule has 0 saturated carbocycles. The van der Waals surface area contributed by atoms with Gasteiger partial charge in [-0.25, -0.2) is 4.68 Å². The van der Waals surface area contributed by atoms with Gasteiger partial charge >= 0.3 is 0 Å². The van der Waals surface area contributed by atoms with E-state index in [0.717, 1.165) is 25.0 Å². The van der Waals surface area contributed by atoms with Crippen LogP contribution in [-0.4, -0.2) is 20.8 Å². The highest BCUT2D eigenvalue weighted by atomic mass is 16.1. The molecule has 1 aromatic heterocycles. The molecule has 0 saturated heterocycles. The minimum absolute atomic E-state index is 0.141. The molecule has 0 amide bonds. The van der Waals surface area contributed by atoms with Gasteiger partial charge < -0.3 is 0 Å². The molecule has 0 N–H and O–H groups in total. The summed E-state index contributed by atoms with van der Waals surface area (Å²) in [5.41, 5.74) is 2.77. The normalized spacial score (nSPS) is 15.2. The lowest BCUT2D eigenvalue weighted by Crippen LogP contribution is -2.07. The van der Waals surface area contributed by atoms with Crippen molar-refractivity contribution in [1.82, 2.24) is 15.0 Å². The van der Waals surface area contributed by atoms with E-state index in [1.165, 1.54) is 5.56 Å². The number of rotatable bonds is 2. The Kier molecular flexibility index (Phi) is 2.92. The molecule has 0 unspecified atom stereocenters. The van der Waals surface area contributed by atoms with Gasteiger partial charge in [-0.1, -0.05) is 35.5 Å². The average Bonchev–Trinajstić information content (AvgIpc) is 2.69. The number of nitrogens with zero attached hydrogens (tertiary/aromatic N) is 3. The molecule has 1 heterocycles. The Balaban J connectivity index is 1.92. The van der Waals surface area contributed by atoms with Crippen LogP contribution >= 0.6 is 0 Å². The molecule has 1 aliphatic rings. The number of carbonyl (C=O) groups is 1. The standard InChI is InChI=1S/C14H15N3O/c18-13-9-5-4-8-12-14(13)15-16-17(12)10-11-6-2-1-3-7-11/h1-3,6-7H,4-5,8-10H2. The van der Waals surface area contributed by atoms with E-state index in [2.05, 4.69) is 22.4 Å². The van der Waals surface area contributed by atoms with E-state index in [1.54, 1.807) is 0 Å². The van der Waals surface area contributed by atoms with Crippen molar-refractivity contribution in [3.8, 4) is 0 Å². The maximum atomic E-state index is 11.9. The van der Waals surface area contributed by atoms with Crippen molar-refractivity contribution < 1.29 is 4.79 Å². The Morgan fingerprint density at radius 3 is 2.72 bits per heavy atom. The highest BCUT2D eigenvalue weighted by molar-refractivity contribution is 5.95. The van der Waals surface area contributed by atoms with Gasteiger partial charge in [0.05, 0.1) is 12.2 Å². The van der Waals surface area contributed by atoms with Gasteiger partial charge in [-0.2, -0.15) is 0 Å². The number of fused-ring (bicyclic) bond motifs is 1. The second-order valence-corrected chi connectivity index (χ2v) is 4.66. The summed E-state index contributed by atoms with van der Waals surface area (Å²) in [7, 11) is 0. The van der Waals surface area contributed by atoms with Crippen LogP contribution in [0.15, 0.2) is 30.3 Å². The Morgan fingerprint density at radius 2 is 1.89 bits per heavy atom. The smallest absolute Gasteiger partial charge is 0.185 e. The number of hydrogen-bond acceptors (Lipinski definition) is 3. The van der Waals surface area contributed by atoms with Crippen molar-refractivity contribution in [2.45, 2.75) is 32.2 Å². The fourth-order valence-electron chi connectivity index (χ4n) is 2.38. The summed E-state index contributed by atoms with van der Waals surface area (Å²) in [5.74, 6) is 0.141. The van der Waals surface area contributed by atoms with E-state index in [4.69, 9.17) is 0 Å². The predicted octanol–water partition coefficient (Wildman–Crippen LogP) is 2.24. The molecule has 4 heteroatoms. The van der Waals surface area contributed by atoms with Crippen molar-refractivity contribution >= 4 is 5.78 Å². The van der Waals surface area contributed by atoms with Gasteiger partial charge in [-0.15, -0.1) is 5.10 Å². The molecule has 1 aliphatic carbocycles. The van der Waals surface area contributed by atoms with Crippen LogP contribution in [0.25, 0.3) is 0 Å². The monoisotopic (exact) mass is 241 g/mol. The SMILES string of the molecule is O=C1CCCCc2c1nnn2Cc1ccccc1. The first-order chi connectivity index (χ1) is 8.84. The van der Waals surface area contributed by atoms with E-state index in [9.17, 15) is 4.79 Å². The van der Waals surface area contributed by atoms with Crippen LogP contribution in [0.4, 0.5) is 0 Å². The molecule has 0 radical (unpaired) electrons. The molecule has 0 fully saturated rings. The molecular formula is C14H15N3O. The number of ketones is 1. The van der Waals surface area contributed by atoms with Gasteiger partial charge in [-0.05, 0) is 24.8 Å². The molecule has 1 aromatic carbocycles. The van der Waals surface area contributed by atoms with Crippen molar-refractivity contribution in [3.05, 3.63) is 47.3 Å². The topological polar surface area (TPSA) is 47.8 Å². The van der Waals surface area contributed by atoms with Crippen LogP contribution in [0.1, 0.15) is 41.0 Å². The van der Waals surface area contributed by atoms with Crippen LogP contribution in [0.3, 0.4) is 0 Å². The fraction of sp³-hybridized carbons (Fsp3) is 0.357. The van der Waals surface area contributed by atoms with E-state index >= 15 is 0 Å². The van der Waals surface area contributed by atoms with Crippen molar-refractivity contribution in [3.63, 3.8) is 0 Å². The van der Waals surface area contributed by atoms with Gasteiger partial charge in [-0.3, -0.25) is 4.79 Å². The van der Waals surface area contributed by atoms with Crippen LogP contribution in [0, 0.1) is 0 Å². The number of benzene rings is 1. The molecule has 2 aromatic rings. The number of Topliss-reactive ketones (excluding diaryl/α,β-unsaturated/α-hetero) is 1. The van der Waals surface area contributed by atoms with E-state index in [-0.39, 0.29) is 5.78 Å². The van der Waals surface area contributed by atoms with Gasteiger partial charge in [0.15, 0.2) is 11.5 Å². The largest absolute Gasteiger partial charge is 0.292 e. The van der Waals surface area contributed by atoms with E-state index < -0.39 is 0 Å². The first kappa shape index (κ1) is 11.1. The minimum atomic E-state index is 0.141. The van der Waals surface area contributed by atoms with Crippen LogP contribution in [0.2, 0.25) is 0 Å². The third-order valence-electron chi connectivity index (χ3n) is 3.34. The fourth-order valence-corrected chi connectivity index (χ4v) is 2.38. The predicted molar refractivity (Wildman–Crippen MR) is 67.5 cm³/mol. The minimum Gasteiger partial charge on any atom is -0.292 e. The lowest BCUT2D eigenvalue weighted by molar-refractivity contribution is 0.0977. The summed E-state index contributed by atoms with van der Waals surface area (Å²) in [5, 5.41) is 8.19. The first-order valence-electron chi connectivity index (χ1n) is 6.34. The number of hydrogen-bond donors (Lipinski definition) is 0. The summed E-state index contributed by atoms with van der Waals surface area (Å²) in [6.07, 6.45) is 3.51. The van der Waals surface area contributed by atoms with Gasteiger partial charge in [0.1, 0.15) is 0 Å². The summed E-state index contributed by atoms with van der Waals surface area (Å²) in [4.78, 5) is 11.9. The lowest BCUT2D eigenvalue weighted by atomic mass is 10.2. The maximum Gasteiger partial charge on any atom is 0.185 e. The summed E-state index contributed by atoms with van der Waals surface area (Å²) in [6, 6.07) is 10.1. The zero-order valence-electron chi connectivity index (χ0n) is 10.2. The third-order valence-corrected chi connectivity index (χ3v) is 3.34. The third kappa shape index (κ3) is 2.06. The molecule has 0 aliphatic heterocycles. The molecule has 4 nitrogen and oxygen atoms in total. The van der Waals surface area contributed by atoms with Gasteiger partial charge in [0.25, 0.3) is 0 Å². The second kappa shape index (κ2) is 4.72. The maximum absolute atomic E-state index is 11.9. The van der Waals surface area contributed by atoms with Crippen LogP contribution < -0.4 is 0 Å².